The van der Waals surface area contributed by atoms with E-state index in [1.165, 1.54) is 4.80 Å². The van der Waals surface area contributed by atoms with E-state index >= 15 is 0 Å². The summed E-state index contributed by atoms with van der Waals surface area (Å²) in [5, 5.41) is 20.6. The summed E-state index contributed by atoms with van der Waals surface area (Å²) in [5.74, 6) is -0.103. The number of phenols is 1. The van der Waals surface area contributed by atoms with Crippen LogP contribution < -0.4 is 0 Å². The third-order valence-electron chi connectivity index (χ3n) is 6.80. The molecule has 9 nitrogen and oxygen atoms in total. The van der Waals surface area contributed by atoms with Crippen molar-refractivity contribution in [1.82, 2.24) is 15.0 Å². The van der Waals surface area contributed by atoms with Crippen LogP contribution in [0.15, 0.2) is 60.7 Å². The average Bonchev–Trinajstić information content (AvgIpc) is 3.36. The number of hydrogen-bond acceptors (Lipinski definition) is 8. The van der Waals surface area contributed by atoms with Gasteiger partial charge in [-0.3, -0.25) is 4.79 Å². The molecule has 0 spiro atoms. The fourth-order valence-electron chi connectivity index (χ4n) is 4.21. The Morgan fingerprint density at radius 2 is 1.63 bits per heavy atom. The lowest BCUT2D eigenvalue weighted by Gasteiger charge is -2.23. The Morgan fingerprint density at radius 1 is 0.976 bits per heavy atom. The minimum absolute atomic E-state index is 0.138. The van der Waals surface area contributed by atoms with Crippen LogP contribution in [0.2, 0.25) is 19.1 Å². The number of aromatic nitrogens is 3. The second kappa shape index (κ2) is 13.8. The summed E-state index contributed by atoms with van der Waals surface area (Å²) in [6.45, 7) is 10.7. The van der Waals surface area contributed by atoms with Crippen molar-refractivity contribution in [3.05, 3.63) is 71.8 Å². The van der Waals surface area contributed by atoms with Gasteiger partial charge in [0.2, 0.25) is 0 Å². The molecule has 11 heteroatoms. The minimum atomic E-state index is -1.77. The largest absolute Gasteiger partial charge is 0.505 e. The third kappa shape index (κ3) is 8.65. The summed E-state index contributed by atoms with van der Waals surface area (Å²) in [6.07, 6.45) is 0.733. The van der Waals surface area contributed by atoms with E-state index in [2.05, 4.69) is 30.3 Å². The van der Waals surface area contributed by atoms with Crippen molar-refractivity contribution < 1.29 is 27.5 Å². The Labute approximate surface area is 245 Å². The fraction of sp³-hybridized carbons (Fsp3) is 0.367. The van der Waals surface area contributed by atoms with Gasteiger partial charge in [-0.15, -0.1) is 15.0 Å². The molecule has 1 N–H and O–H groups in total. The predicted molar refractivity (Wildman–Crippen MR) is 162 cm³/mol. The van der Waals surface area contributed by atoms with E-state index in [-0.39, 0.29) is 23.6 Å². The number of esters is 1. The lowest BCUT2D eigenvalue weighted by molar-refractivity contribution is -0.143. The lowest BCUT2D eigenvalue weighted by atomic mass is 9.84. The maximum atomic E-state index is 12.4. The minimum Gasteiger partial charge on any atom is -0.505 e. The smallest absolute Gasteiger partial charge is 0.335 e. The highest BCUT2D eigenvalue weighted by Gasteiger charge is 2.24. The Morgan fingerprint density at radius 3 is 2.27 bits per heavy atom. The number of rotatable bonds is 9. The second-order valence-corrected chi connectivity index (χ2v) is 15.9. The summed E-state index contributed by atoms with van der Waals surface area (Å²) < 4.78 is 27.6. The van der Waals surface area contributed by atoms with Gasteiger partial charge in [-0.25, -0.2) is 0 Å². The molecule has 0 atom stereocenters. The second-order valence-electron chi connectivity index (χ2n) is 11.3. The molecule has 0 saturated heterocycles. The molecular weight excluding hydrogens is 558 g/mol. The Hall–Kier alpha value is -3.67. The van der Waals surface area contributed by atoms with E-state index in [0.717, 1.165) is 39.3 Å². The molecule has 0 saturated carbocycles. The Kier molecular flexibility index (Phi) is 10.7. The molecule has 1 heterocycles. The molecule has 0 fully saturated rings. The topological polar surface area (TPSA) is 121 Å². The summed E-state index contributed by atoms with van der Waals surface area (Å²) in [5.41, 5.74) is 5.48. The van der Waals surface area contributed by atoms with Gasteiger partial charge < -0.3 is 14.3 Å². The van der Waals surface area contributed by atoms with E-state index in [0.29, 0.717) is 18.7 Å². The molecule has 1 aromatic heterocycles. The molecule has 0 aliphatic heterocycles. The number of ether oxygens (including phenoxy) is 1. The number of carbonyl (C=O) groups is 1. The monoisotopic (exact) mass is 595 g/mol. The van der Waals surface area contributed by atoms with Crippen LogP contribution in [-0.4, -0.2) is 56.5 Å². The highest BCUT2D eigenvalue weighted by atomic mass is 32.1. The normalized spacial score (nSPS) is 11.6. The van der Waals surface area contributed by atoms with Crippen LogP contribution in [0.25, 0.3) is 27.8 Å². The van der Waals surface area contributed by atoms with Crippen LogP contribution in [0.5, 0.6) is 5.75 Å². The highest BCUT2D eigenvalue weighted by molar-refractivity contribution is 7.51. The van der Waals surface area contributed by atoms with Gasteiger partial charge in [0.25, 0.3) is 0 Å². The summed E-state index contributed by atoms with van der Waals surface area (Å²) in [7, 11) is -0.0585. The maximum absolute atomic E-state index is 12.4. The number of aryl methyl sites for hydroxylation is 1. The molecule has 0 amide bonds. The van der Waals surface area contributed by atoms with E-state index < -0.39 is 19.9 Å². The SMILES string of the molecule is CO[Si](C)(C)CCOC(=O)CCc1cc(-n2nc3ccc(-c4ccccc4)cc3n2)c(O)c(C(C)(C)C)c1.O=S=O. The van der Waals surface area contributed by atoms with Crippen LogP contribution >= 0.6 is 0 Å². The predicted octanol–water partition coefficient (Wildman–Crippen LogP) is 5.75. The van der Waals surface area contributed by atoms with Gasteiger partial charge in [-0.05, 0) is 59.8 Å². The summed E-state index contributed by atoms with van der Waals surface area (Å²) in [4.78, 5) is 13.9. The first-order chi connectivity index (χ1) is 19.4. The molecule has 3 aromatic carbocycles. The standard InChI is InChI=1S/C30H37N3O4Si.O2S/c1-30(2,3)24-18-21(12-15-28(34)37-16-17-38(5,6)36-4)19-27(29(24)35)33-31-25-14-13-23(20-26(25)32-33)22-10-8-7-9-11-22;1-3-2/h7-11,13-14,18-20,35H,12,15-17H2,1-6H3;. The van der Waals surface area contributed by atoms with E-state index in [4.69, 9.17) is 22.7 Å². The first-order valence-corrected chi connectivity index (χ1v) is 17.1. The van der Waals surface area contributed by atoms with E-state index in [1.54, 1.807) is 7.11 Å². The molecule has 41 heavy (non-hydrogen) atoms. The molecule has 4 aromatic rings. The molecule has 218 valence electrons. The molecule has 0 radical (unpaired) electrons. The number of nitrogens with zero attached hydrogens (tertiary/aromatic N) is 3. The maximum Gasteiger partial charge on any atom is 0.335 e. The third-order valence-corrected chi connectivity index (χ3v) is 9.31. The molecule has 4 rings (SSSR count). The van der Waals surface area contributed by atoms with Crippen molar-refractivity contribution in [3.8, 4) is 22.6 Å². The quantitative estimate of drug-likeness (QED) is 0.192. The van der Waals surface area contributed by atoms with Crippen molar-refractivity contribution in [3.63, 3.8) is 0 Å². The highest BCUT2D eigenvalue weighted by Crippen LogP contribution is 2.37. The summed E-state index contributed by atoms with van der Waals surface area (Å²) in [6, 6.07) is 20.7. The number of hydrogen-bond donors (Lipinski definition) is 1. The zero-order valence-electron chi connectivity index (χ0n) is 24.3. The van der Waals surface area contributed by atoms with Crippen LogP contribution in [0.1, 0.15) is 38.3 Å². The Balaban J connectivity index is 0.00000147. The molecule has 0 aliphatic rings. The van der Waals surface area contributed by atoms with Crippen LogP contribution in [0.3, 0.4) is 0 Å². The van der Waals surface area contributed by atoms with Gasteiger partial charge in [0.15, 0.2) is 8.32 Å². The van der Waals surface area contributed by atoms with E-state index in [9.17, 15) is 9.90 Å². The van der Waals surface area contributed by atoms with Gasteiger partial charge in [-0.1, -0.05) is 63.2 Å². The van der Waals surface area contributed by atoms with Crippen molar-refractivity contribution in [1.29, 1.82) is 0 Å². The van der Waals surface area contributed by atoms with Crippen molar-refractivity contribution in [2.45, 2.75) is 58.2 Å². The first-order valence-electron chi connectivity index (χ1n) is 13.3. The molecule has 0 aliphatic carbocycles. The van der Waals surface area contributed by atoms with Gasteiger partial charge in [0, 0.05) is 25.1 Å². The van der Waals surface area contributed by atoms with Gasteiger partial charge >= 0.3 is 17.5 Å². The summed E-state index contributed by atoms with van der Waals surface area (Å²) >= 11 is -0.750. The van der Waals surface area contributed by atoms with E-state index in [1.807, 2.05) is 69.3 Å². The fourth-order valence-corrected chi connectivity index (χ4v) is 5.01. The van der Waals surface area contributed by atoms with Crippen LogP contribution in [-0.2, 0) is 37.4 Å². The van der Waals surface area contributed by atoms with Gasteiger partial charge in [0.05, 0.1) is 6.61 Å². The molecule has 0 bridgehead atoms. The van der Waals surface area contributed by atoms with Gasteiger partial charge in [-0.2, -0.15) is 8.42 Å². The zero-order valence-corrected chi connectivity index (χ0v) is 26.2. The van der Waals surface area contributed by atoms with Crippen molar-refractivity contribution in [2.24, 2.45) is 0 Å². The Bertz CT molecular complexity index is 1530. The molecule has 0 unspecified atom stereocenters. The first kappa shape index (κ1) is 31.8. The number of phenolic OH excluding ortho intramolecular Hbond substituents is 1. The van der Waals surface area contributed by atoms with Crippen molar-refractivity contribution in [2.75, 3.05) is 13.7 Å². The number of benzene rings is 3. The van der Waals surface area contributed by atoms with Crippen LogP contribution in [0, 0.1) is 0 Å². The average molecular weight is 596 g/mol. The van der Waals surface area contributed by atoms with Crippen molar-refractivity contribution >= 4 is 36.9 Å². The van der Waals surface area contributed by atoms with Crippen LogP contribution in [0.4, 0.5) is 0 Å². The lowest BCUT2D eigenvalue weighted by Crippen LogP contribution is -2.30. The number of aromatic hydroxyl groups is 1. The number of fused-ring (bicyclic) bond motifs is 1. The number of carbonyl (C=O) groups excluding carboxylic acids is 1. The van der Waals surface area contributed by atoms with Gasteiger partial charge in [0.1, 0.15) is 22.5 Å². The molecular formula is C30H37N3O6SSi. The zero-order chi connectivity index (χ0) is 30.2.